The third-order valence-corrected chi connectivity index (χ3v) is 10.0. The predicted molar refractivity (Wildman–Crippen MR) is 220 cm³/mol. The molecule has 0 saturated carbocycles. The number of phosphoric acid groups is 1. The average molecular weight is 770 g/mol. The summed E-state index contributed by atoms with van der Waals surface area (Å²) in [7, 11) is -4.38. The minimum absolute atomic E-state index is 0.0507. The molecule has 0 saturated heterocycles. The second-order valence-corrected chi connectivity index (χ2v) is 15.7. The Morgan fingerprint density at radius 2 is 0.981 bits per heavy atom. The Balaban J connectivity index is 4.18. The number of phosphoric ester groups is 1. The molecule has 2 atom stereocenters. The van der Waals surface area contributed by atoms with E-state index in [1.54, 1.807) is 0 Å². The molecule has 0 aliphatic heterocycles. The molecular weight excluding hydrogens is 689 g/mol. The summed E-state index contributed by atoms with van der Waals surface area (Å²) in [5.74, 6) is -0.847. The quantitative estimate of drug-likeness (QED) is 0.0205. The Morgan fingerprint density at radius 1 is 0.566 bits per heavy atom. The van der Waals surface area contributed by atoms with Crippen molar-refractivity contribution in [3.63, 3.8) is 0 Å². The van der Waals surface area contributed by atoms with Gasteiger partial charge in [0.15, 0.2) is 6.10 Å². The highest BCUT2D eigenvalue weighted by Gasteiger charge is 2.26. The van der Waals surface area contributed by atoms with Crippen molar-refractivity contribution >= 4 is 19.8 Å². The Kier molecular flexibility index (Phi) is 38.6. The van der Waals surface area contributed by atoms with Crippen LogP contribution in [-0.4, -0.2) is 49.3 Å². The first-order valence-electron chi connectivity index (χ1n) is 21.5. The number of unbranched alkanes of at least 4 members (excludes halogenated alkanes) is 22. The molecule has 0 fully saturated rings. The van der Waals surface area contributed by atoms with Gasteiger partial charge in [0, 0.05) is 19.4 Å². The normalized spacial score (nSPS) is 13.7. The summed E-state index contributed by atoms with van der Waals surface area (Å²) < 4.78 is 32.7. The zero-order chi connectivity index (χ0) is 38.9. The molecule has 3 N–H and O–H groups in total. The minimum atomic E-state index is -4.38. The molecular formula is C43H80NO8P. The van der Waals surface area contributed by atoms with Gasteiger partial charge in [0.1, 0.15) is 6.61 Å². The van der Waals surface area contributed by atoms with E-state index in [1.165, 1.54) is 96.3 Å². The van der Waals surface area contributed by atoms with E-state index in [9.17, 15) is 19.0 Å². The maximum atomic E-state index is 12.6. The first-order valence-corrected chi connectivity index (χ1v) is 23.0. The molecule has 1 unspecified atom stereocenters. The van der Waals surface area contributed by atoms with E-state index < -0.39 is 32.5 Å². The fourth-order valence-corrected chi connectivity index (χ4v) is 6.56. The second kappa shape index (κ2) is 39.9. The molecule has 0 heterocycles. The Morgan fingerprint density at radius 3 is 1.45 bits per heavy atom. The van der Waals surface area contributed by atoms with Crippen LogP contribution in [0.5, 0.6) is 0 Å². The third kappa shape index (κ3) is 39.7. The highest BCUT2D eigenvalue weighted by atomic mass is 31.2. The highest BCUT2D eigenvalue weighted by molar-refractivity contribution is 7.47. The standard InChI is InChI=1S/C43H80NO8P/c1-3-5-7-9-11-13-15-17-19-20-22-24-26-28-30-32-34-36-43(46)52-41(40-51-53(47,48)50-38-37-44)39-49-42(45)35-33-31-29-27-25-23-21-18-16-14-12-10-8-6-4-2/h13-16,18,21,41H,3-12,17,19-20,22-40,44H2,1-2H3,(H,47,48)/b15-13+,16-14+,21-18+/t41-/m1/s1. The average Bonchev–Trinajstić information content (AvgIpc) is 3.14. The topological polar surface area (TPSA) is 134 Å². The minimum Gasteiger partial charge on any atom is -0.462 e. The number of carbonyl (C=O) groups is 2. The van der Waals surface area contributed by atoms with E-state index in [4.69, 9.17) is 24.3 Å². The lowest BCUT2D eigenvalue weighted by Gasteiger charge is -2.19. The van der Waals surface area contributed by atoms with E-state index >= 15 is 0 Å². The number of ether oxygens (including phenoxy) is 2. The van der Waals surface area contributed by atoms with Crippen LogP contribution in [0.3, 0.4) is 0 Å². The van der Waals surface area contributed by atoms with Crippen LogP contribution in [0.25, 0.3) is 0 Å². The van der Waals surface area contributed by atoms with Gasteiger partial charge in [-0.3, -0.25) is 18.6 Å². The lowest BCUT2D eigenvalue weighted by molar-refractivity contribution is -0.161. The fourth-order valence-electron chi connectivity index (χ4n) is 5.80. The molecule has 0 bridgehead atoms. The molecule has 0 rings (SSSR count). The van der Waals surface area contributed by atoms with Crippen LogP contribution >= 0.6 is 7.82 Å². The molecule has 0 spiro atoms. The number of carbonyl (C=O) groups excluding carboxylic acids is 2. The lowest BCUT2D eigenvalue weighted by atomic mass is 10.1. The van der Waals surface area contributed by atoms with Crippen LogP contribution in [0.1, 0.15) is 194 Å². The maximum Gasteiger partial charge on any atom is 0.472 e. The smallest absolute Gasteiger partial charge is 0.462 e. The SMILES string of the molecule is CCCCCC/C=C/C=C/CCCCCCCC(=O)OC[C@H](COP(=O)(O)OCCN)OC(=O)CCCCCCCCCCC/C=C/CCCCCC. The summed E-state index contributed by atoms with van der Waals surface area (Å²) in [6.45, 7) is 3.68. The first kappa shape index (κ1) is 51.2. The zero-order valence-electron chi connectivity index (χ0n) is 34.0. The van der Waals surface area contributed by atoms with E-state index in [0.29, 0.717) is 12.8 Å². The summed E-state index contributed by atoms with van der Waals surface area (Å²) in [4.78, 5) is 34.8. The number of allylic oxidation sites excluding steroid dienone is 6. The summed E-state index contributed by atoms with van der Waals surface area (Å²) in [6.07, 6.45) is 43.1. The van der Waals surface area contributed by atoms with Gasteiger partial charge in [0.2, 0.25) is 0 Å². The molecule has 0 aliphatic carbocycles. The van der Waals surface area contributed by atoms with Gasteiger partial charge in [-0.05, 0) is 64.2 Å². The summed E-state index contributed by atoms with van der Waals surface area (Å²) in [5, 5.41) is 0. The van der Waals surface area contributed by atoms with Crippen LogP contribution in [0, 0.1) is 0 Å². The number of hydrogen-bond donors (Lipinski definition) is 2. The van der Waals surface area contributed by atoms with Gasteiger partial charge in [-0.15, -0.1) is 0 Å². The lowest BCUT2D eigenvalue weighted by Crippen LogP contribution is -2.29. The number of esters is 2. The van der Waals surface area contributed by atoms with Gasteiger partial charge in [-0.2, -0.15) is 0 Å². The Hall–Kier alpha value is -1.77. The number of rotatable bonds is 40. The summed E-state index contributed by atoms with van der Waals surface area (Å²) in [6, 6.07) is 0. The van der Waals surface area contributed by atoms with Crippen molar-refractivity contribution in [3.05, 3.63) is 36.5 Å². The summed E-state index contributed by atoms with van der Waals surface area (Å²) >= 11 is 0. The molecule has 0 radical (unpaired) electrons. The van der Waals surface area contributed by atoms with Crippen molar-refractivity contribution in [3.8, 4) is 0 Å². The second-order valence-electron chi connectivity index (χ2n) is 14.2. The Labute approximate surface area is 324 Å². The van der Waals surface area contributed by atoms with Crippen LogP contribution in [-0.2, 0) is 32.7 Å². The van der Waals surface area contributed by atoms with Gasteiger partial charge in [-0.1, -0.05) is 153 Å². The van der Waals surface area contributed by atoms with Gasteiger partial charge in [-0.25, -0.2) is 4.57 Å². The van der Waals surface area contributed by atoms with Crippen molar-refractivity contribution in [1.82, 2.24) is 0 Å². The molecule has 310 valence electrons. The number of nitrogens with two attached hydrogens (primary N) is 1. The van der Waals surface area contributed by atoms with Crippen molar-refractivity contribution in [2.24, 2.45) is 5.73 Å². The molecule has 0 aromatic rings. The largest absolute Gasteiger partial charge is 0.472 e. The monoisotopic (exact) mass is 770 g/mol. The maximum absolute atomic E-state index is 12.6. The highest BCUT2D eigenvalue weighted by Crippen LogP contribution is 2.43. The van der Waals surface area contributed by atoms with Crippen LogP contribution < -0.4 is 5.73 Å². The predicted octanol–water partition coefficient (Wildman–Crippen LogP) is 12.2. The first-order chi connectivity index (χ1) is 25.8. The molecule has 9 nitrogen and oxygen atoms in total. The van der Waals surface area contributed by atoms with Gasteiger partial charge < -0.3 is 20.1 Å². The van der Waals surface area contributed by atoms with Gasteiger partial charge in [0.05, 0.1) is 13.2 Å². The van der Waals surface area contributed by atoms with Crippen LogP contribution in [0.15, 0.2) is 36.5 Å². The molecule has 0 aromatic heterocycles. The van der Waals surface area contributed by atoms with Crippen molar-refractivity contribution < 1.29 is 37.6 Å². The van der Waals surface area contributed by atoms with Gasteiger partial charge >= 0.3 is 19.8 Å². The Bertz CT molecular complexity index is 970. The molecule has 53 heavy (non-hydrogen) atoms. The van der Waals surface area contributed by atoms with E-state index in [1.807, 2.05) is 0 Å². The van der Waals surface area contributed by atoms with Crippen molar-refractivity contribution in [2.45, 2.75) is 200 Å². The fraction of sp³-hybridized carbons (Fsp3) is 0.814. The number of hydrogen-bond acceptors (Lipinski definition) is 8. The van der Waals surface area contributed by atoms with E-state index in [-0.39, 0.29) is 32.6 Å². The van der Waals surface area contributed by atoms with Gasteiger partial charge in [0.25, 0.3) is 0 Å². The van der Waals surface area contributed by atoms with Crippen LogP contribution in [0.4, 0.5) is 0 Å². The van der Waals surface area contributed by atoms with Crippen LogP contribution in [0.2, 0.25) is 0 Å². The molecule has 10 heteroatoms. The molecule has 0 amide bonds. The van der Waals surface area contributed by atoms with E-state index in [0.717, 1.165) is 57.8 Å². The third-order valence-electron chi connectivity index (χ3n) is 9.03. The zero-order valence-corrected chi connectivity index (χ0v) is 34.9. The molecule has 0 aromatic carbocycles. The molecule has 0 aliphatic rings. The van der Waals surface area contributed by atoms with Crippen molar-refractivity contribution in [2.75, 3.05) is 26.4 Å². The van der Waals surface area contributed by atoms with E-state index in [2.05, 4.69) is 50.3 Å². The summed E-state index contributed by atoms with van der Waals surface area (Å²) in [5.41, 5.74) is 5.34. The van der Waals surface area contributed by atoms with Crippen molar-refractivity contribution in [1.29, 1.82) is 0 Å².